The van der Waals surface area contributed by atoms with Crippen molar-refractivity contribution in [3.05, 3.63) is 18.0 Å². The molecule has 1 aromatic heterocycles. The van der Waals surface area contributed by atoms with Crippen LogP contribution >= 0.6 is 0 Å². The lowest BCUT2D eigenvalue weighted by Gasteiger charge is -2.22. The van der Waals surface area contributed by atoms with Crippen LogP contribution in [-0.4, -0.2) is 52.1 Å². The first-order valence-corrected chi connectivity index (χ1v) is 7.77. The van der Waals surface area contributed by atoms with Crippen molar-refractivity contribution in [1.29, 1.82) is 0 Å². The van der Waals surface area contributed by atoms with Gasteiger partial charge >= 0.3 is 0 Å². The predicted molar refractivity (Wildman–Crippen MR) is 80.5 cm³/mol. The zero-order valence-corrected chi connectivity index (χ0v) is 12.8. The minimum absolute atomic E-state index is 0.316. The number of hydrogen-bond donors (Lipinski definition) is 2. The van der Waals surface area contributed by atoms with E-state index in [1.807, 2.05) is 17.9 Å². The molecular weight excluding hydrogens is 252 g/mol. The van der Waals surface area contributed by atoms with Crippen LogP contribution in [0.1, 0.15) is 44.2 Å². The molecule has 1 aromatic rings. The smallest absolute Gasteiger partial charge is 0.0586 e. The van der Waals surface area contributed by atoms with Gasteiger partial charge in [0, 0.05) is 30.9 Å². The Labute approximate surface area is 122 Å². The van der Waals surface area contributed by atoms with Gasteiger partial charge in [-0.1, -0.05) is 0 Å². The van der Waals surface area contributed by atoms with Gasteiger partial charge in [0.15, 0.2) is 0 Å². The van der Waals surface area contributed by atoms with E-state index in [0.717, 1.165) is 26.1 Å². The summed E-state index contributed by atoms with van der Waals surface area (Å²) in [5.41, 5.74) is 1.24. The molecule has 2 unspecified atom stereocenters. The molecule has 114 valence electrons. The predicted octanol–water partition coefficient (Wildman–Crippen LogP) is 1.31. The standard InChI is InChI=1S/C15H28N4O/c1-13(14-10-17-18(2)11-14)16-7-3-4-8-19-9-5-6-15(19)12-20/h10-11,13,15-16,20H,3-9,12H2,1-2H3. The van der Waals surface area contributed by atoms with E-state index < -0.39 is 0 Å². The van der Waals surface area contributed by atoms with Crippen LogP contribution in [0, 0.1) is 0 Å². The van der Waals surface area contributed by atoms with Gasteiger partial charge in [-0.2, -0.15) is 5.10 Å². The zero-order chi connectivity index (χ0) is 14.4. The van der Waals surface area contributed by atoms with Crippen molar-refractivity contribution in [2.75, 3.05) is 26.2 Å². The zero-order valence-electron chi connectivity index (χ0n) is 12.8. The van der Waals surface area contributed by atoms with E-state index in [2.05, 4.69) is 28.4 Å². The monoisotopic (exact) mass is 280 g/mol. The summed E-state index contributed by atoms with van der Waals surface area (Å²) in [7, 11) is 1.95. The molecule has 1 aliphatic heterocycles. The molecule has 0 saturated carbocycles. The average Bonchev–Trinajstić information content (AvgIpc) is 3.06. The Morgan fingerprint density at radius 1 is 1.50 bits per heavy atom. The highest BCUT2D eigenvalue weighted by Gasteiger charge is 2.22. The summed E-state index contributed by atoms with van der Waals surface area (Å²) in [5, 5.41) is 17.0. The van der Waals surface area contributed by atoms with E-state index in [1.165, 1.54) is 24.8 Å². The number of unbranched alkanes of at least 4 members (excludes halogenated alkanes) is 1. The van der Waals surface area contributed by atoms with Gasteiger partial charge in [-0.25, -0.2) is 0 Å². The molecule has 0 aromatic carbocycles. The lowest BCUT2D eigenvalue weighted by atomic mass is 10.2. The Bertz CT molecular complexity index is 393. The highest BCUT2D eigenvalue weighted by molar-refractivity contribution is 5.08. The molecule has 0 spiro atoms. The third-order valence-electron chi connectivity index (χ3n) is 4.26. The molecule has 0 bridgehead atoms. The van der Waals surface area contributed by atoms with Crippen molar-refractivity contribution >= 4 is 0 Å². The molecule has 1 saturated heterocycles. The molecule has 2 N–H and O–H groups in total. The molecule has 0 amide bonds. The van der Waals surface area contributed by atoms with E-state index in [-0.39, 0.29) is 0 Å². The number of aryl methyl sites for hydroxylation is 1. The molecule has 2 rings (SSSR count). The van der Waals surface area contributed by atoms with Gasteiger partial charge in [0.1, 0.15) is 0 Å². The fourth-order valence-corrected chi connectivity index (χ4v) is 2.94. The highest BCUT2D eigenvalue weighted by atomic mass is 16.3. The van der Waals surface area contributed by atoms with Gasteiger partial charge in [0.25, 0.3) is 0 Å². The fraction of sp³-hybridized carbons (Fsp3) is 0.800. The molecule has 2 atom stereocenters. The summed E-state index contributed by atoms with van der Waals surface area (Å²) in [6.07, 6.45) is 8.76. The maximum atomic E-state index is 9.28. The third kappa shape index (κ3) is 4.30. The van der Waals surface area contributed by atoms with E-state index >= 15 is 0 Å². The first kappa shape index (κ1) is 15.5. The first-order valence-electron chi connectivity index (χ1n) is 7.77. The van der Waals surface area contributed by atoms with Crippen LogP contribution in [-0.2, 0) is 7.05 Å². The number of likely N-dealkylation sites (tertiary alicyclic amines) is 1. The van der Waals surface area contributed by atoms with Crippen molar-refractivity contribution in [2.24, 2.45) is 7.05 Å². The Balaban J connectivity index is 1.57. The fourth-order valence-electron chi connectivity index (χ4n) is 2.94. The van der Waals surface area contributed by atoms with Crippen LogP contribution in [0.3, 0.4) is 0 Å². The second-order valence-electron chi connectivity index (χ2n) is 5.84. The molecule has 0 radical (unpaired) electrons. The van der Waals surface area contributed by atoms with Crippen LogP contribution in [0.25, 0.3) is 0 Å². The topological polar surface area (TPSA) is 53.3 Å². The minimum atomic E-state index is 0.316. The quantitative estimate of drug-likeness (QED) is 0.705. The number of aliphatic hydroxyl groups excluding tert-OH is 1. The highest BCUT2D eigenvalue weighted by Crippen LogP contribution is 2.17. The van der Waals surface area contributed by atoms with Gasteiger partial charge in [0.05, 0.1) is 12.8 Å². The first-order chi connectivity index (χ1) is 9.70. The van der Waals surface area contributed by atoms with Crippen molar-refractivity contribution in [1.82, 2.24) is 20.0 Å². The van der Waals surface area contributed by atoms with Crippen molar-refractivity contribution in [3.63, 3.8) is 0 Å². The second kappa shape index (κ2) is 7.76. The summed E-state index contributed by atoms with van der Waals surface area (Å²) in [6, 6.07) is 0.776. The molecule has 0 aliphatic carbocycles. The van der Waals surface area contributed by atoms with Gasteiger partial charge in [-0.15, -0.1) is 0 Å². The molecule has 2 heterocycles. The average molecular weight is 280 g/mol. The maximum absolute atomic E-state index is 9.28. The second-order valence-corrected chi connectivity index (χ2v) is 5.84. The lowest BCUT2D eigenvalue weighted by Crippen LogP contribution is -2.33. The number of aliphatic hydroxyl groups is 1. The molecule has 5 heteroatoms. The number of rotatable bonds is 8. The third-order valence-corrected chi connectivity index (χ3v) is 4.26. The van der Waals surface area contributed by atoms with Crippen molar-refractivity contribution < 1.29 is 5.11 Å². The molecular formula is C15H28N4O. The van der Waals surface area contributed by atoms with E-state index in [0.29, 0.717) is 18.7 Å². The maximum Gasteiger partial charge on any atom is 0.0586 e. The van der Waals surface area contributed by atoms with Gasteiger partial charge in [-0.3, -0.25) is 9.58 Å². The largest absolute Gasteiger partial charge is 0.395 e. The Kier molecular flexibility index (Phi) is 6.01. The SMILES string of the molecule is CC(NCCCCN1CCCC1CO)c1cnn(C)c1. The molecule has 1 fully saturated rings. The molecule has 20 heavy (non-hydrogen) atoms. The summed E-state index contributed by atoms with van der Waals surface area (Å²) >= 11 is 0. The Hall–Kier alpha value is -0.910. The number of nitrogens with zero attached hydrogens (tertiary/aromatic N) is 3. The van der Waals surface area contributed by atoms with Crippen LogP contribution in [0.5, 0.6) is 0 Å². The summed E-state index contributed by atoms with van der Waals surface area (Å²) in [4.78, 5) is 2.44. The van der Waals surface area contributed by atoms with Gasteiger partial charge in [-0.05, 0) is 52.2 Å². The number of hydrogen-bond acceptors (Lipinski definition) is 4. The minimum Gasteiger partial charge on any atom is -0.395 e. The normalized spacial score (nSPS) is 21.4. The van der Waals surface area contributed by atoms with E-state index in [4.69, 9.17) is 0 Å². The van der Waals surface area contributed by atoms with Crippen molar-refractivity contribution in [3.8, 4) is 0 Å². The lowest BCUT2D eigenvalue weighted by molar-refractivity contribution is 0.157. The molecule has 1 aliphatic rings. The van der Waals surface area contributed by atoms with Gasteiger partial charge < -0.3 is 10.4 Å². The Morgan fingerprint density at radius 2 is 2.35 bits per heavy atom. The van der Waals surface area contributed by atoms with E-state index in [1.54, 1.807) is 0 Å². The van der Waals surface area contributed by atoms with E-state index in [9.17, 15) is 5.11 Å². The van der Waals surface area contributed by atoms with Crippen LogP contribution < -0.4 is 5.32 Å². The summed E-state index contributed by atoms with van der Waals surface area (Å²) in [6.45, 7) is 5.81. The number of nitrogens with one attached hydrogen (secondary N) is 1. The van der Waals surface area contributed by atoms with Crippen molar-refractivity contribution in [2.45, 2.75) is 44.7 Å². The molecule has 5 nitrogen and oxygen atoms in total. The van der Waals surface area contributed by atoms with Crippen LogP contribution in [0.2, 0.25) is 0 Å². The van der Waals surface area contributed by atoms with Gasteiger partial charge in [0.2, 0.25) is 0 Å². The van der Waals surface area contributed by atoms with Crippen LogP contribution in [0.4, 0.5) is 0 Å². The van der Waals surface area contributed by atoms with Crippen LogP contribution in [0.15, 0.2) is 12.4 Å². The Morgan fingerprint density at radius 3 is 3.05 bits per heavy atom. The summed E-state index contributed by atoms with van der Waals surface area (Å²) in [5.74, 6) is 0. The number of aromatic nitrogens is 2. The summed E-state index contributed by atoms with van der Waals surface area (Å²) < 4.78 is 1.84.